The summed E-state index contributed by atoms with van der Waals surface area (Å²) in [5.41, 5.74) is 3.35. The summed E-state index contributed by atoms with van der Waals surface area (Å²) < 4.78 is 16.7. The van der Waals surface area contributed by atoms with E-state index in [9.17, 15) is 14.7 Å². The molecule has 0 spiro atoms. The predicted octanol–water partition coefficient (Wildman–Crippen LogP) is 4.71. The molecule has 0 aliphatic carbocycles. The first-order valence-electron chi connectivity index (χ1n) is 11.3. The van der Waals surface area contributed by atoms with Crippen molar-refractivity contribution in [2.45, 2.75) is 19.9 Å². The molecule has 1 amide bonds. The SMILES string of the molecule is COc1cccc(C2/C(=C(\O)c3cc(C)ccc3C)C(=O)C(=O)N2c2ccc3c(c2)OCCO3)c1. The van der Waals surface area contributed by atoms with E-state index in [2.05, 4.69) is 0 Å². The van der Waals surface area contributed by atoms with E-state index in [4.69, 9.17) is 14.2 Å². The number of methoxy groups -OCH3 is 1. The molecule has 1 N–H and O–H groups in total. The van der Waals surface area contributed by atoms with Gasteiger partial charge in [-0.05, 0) is 55.3 Å². The van der Waals surface area contributed by atoms with E-state index in [1.54, 1.807) is 49.6 Å². The Labute approximate surface area is 203 Å². The molecule has 3 aromatic carbocycles. The molecule has 5 rings (SSSR count). The van der Waals surface area contributed by atoms with Gasteiger partial charge in [0.15, 0.2) is 11.5 Å². The molecule has 7 heteroatoms. The molecule has 7 nitrogen and oxygen atoms in total. The molecular formula is C28H25NO6. The number of hydrogen-bond donors (Lipinski definition) is 1. The van der Waals surface area contributed by atoms with Crippen molar-refractivity contribution in [2.24, 2.45) is 0 Å². The number of aryl methyl sites for hydroxylation is 2. The van der Waals surface area contributed by atoms with E-state index in [1.807, 2.05) is 32.0 Å². The van der Waals surface area contributed by atoms with Gasteiger partial charge in [-0.25, -0.2) is 0 Å². The third-order valence-electron chi connectivity index (χ3n) is 6.31. The van der Waals surface area contributed by atoms with E-state index in [-0.39, 0.29) is 11.3 Å². The van der Waals surface area contributed by atoms with Crippen molar-refractivity contribution in [1.29, 1.82) is 0 Å². The number of Topliss-reactive ketones (excluding diaryl/α,β-unsaturated/α-hetero) is 1. The molecule has 0 radical (unpaired) electrons. The number of ether oxygens (including phenoxy) is 3. The predicted molar refractivity (Wildman–Crippen MR) is 131 cm³/mol. The number of aliphatic hydroxyl groups is 1. The minimum Gasteiger partial charge on any atom is -0.507 e. The zero-order valence-corrected chi connectivity index (χ0v) is 19.7. The number of hydrogen-bond acceptors (Lipinski definition) is 6. The average molecular weight is 472 g/mol. The largest absolute Gasteiger partial charge is 0.507 e. The minimum absolute atomic E-state index is 0.0202. The van der Waals surface area contributed by atoms with E-state index in [0.717, 1.165) is 11.1 Å². The molecule has 35 heavy (non-hydrogen) atoms. The van der Waals surface area contributed by atoms with Crippen LogP contribution in [0.5, 0.6) is 17.2 Å². The van der Waals surface area contributed by atoms with Crippen LogP contribution in [0.25, 0.3) is 5.76 Å². The standard InChI is InChI=1S/C28H25NO6/c1-16-7-8-17(2)21(13-16)26(30)24-25(18-5-4-6-20(14-18)33-3)29(28(32)27(24)31)19-9-10-22-23(15-19)35-12-11-34-22/h4-10,13-15,25,30H,11-12H2,1-3H3/b26-24+. The molecule has 1 fully saturated rings. The summed E-state index contributed by atoms with van der Waals surface area (Å²) in [4.78, 5) is 28.3. The smallest absolute Gasteiger partial charge is 0.300 e. The molecule has 0 aromatic heterocycles. The van der Waals surface area contributed by atoms with Crippen LogP contribution in [-0.4, -0.2) is 37.1 Å². The van der Waals surface area contributed by atoms with Gasteiger partial charge in [0.25, 0.3) is 11.7 Å². The number of ketones is 1. The number of carbonyl (C=O) groups is 2. The lowest BCUT2D eigenvalue weighted by atomic mass is 9.93. The van der Waals surface area contributed by atoms with Crippen molar-refractivity contribution < 1.29 is 28.9 Å². The molecule has 2 heterocycles. The maximum atomic E-state index is 13.4. The van der Waals surface area contributed by atoms with E-state index < -0.39 is 17.7 Å². The van der Waals surface area contributed by atoms with Crippen molar-refractivity contribution >= 4 is 23.1 Å². The van der Waals surface area contributed by atoms with Gasteiger partial charge >= 0.3 is 0 Å². The van der Waals surface area contributed by atoms with Gasteiger partial charge in [0.1, 0.15) is 24.7 Å². The second-order valence-corrected chi connectivity index (χ2v) is 8.59. The lowest BCUT2D eigenvalue weighted by Crippen LogP contribution is -2.29. The molecule has 0 bridgehead atoms. The van der Waals surface area contributed by atoms with Crippen LogP contribution >= 0.6 is 0 Å². The van der Waals surface area contributed by atoms with E-state index >= 15 is 0 Å². The summed E-state index contributed by atoms with van der Waals surface area (Å²) >= 11 is 0. The highest BCUT2D eigenvalue weighted by Gasteiger charge is 2.47. The lowest BCUT2D eigenvalue weighted by molar-refractivity contribution is -0.132. The summed E-state index contributed by atoms with van der Waals surface area (Å²) in [5.74, 6) is -0.0636. The van der Waals surface area contributed by atoms with Gasteiger partial charge in [-0.1, -0.05) is 29.8 Å². The van der Waals surface area contributed by atoms with Crippen LogP contribution < -0.4 is 19.1 Å². The van der Waals surface area contributed by atoms with Gasteiger partial charge in [0, 0.05) is 17.3 Å². The molecule has 1 saturated heterocycles. The summed E-state index contributed by atoms with van der Waals surface area (Å²) in [6.07, 6.45) is 0. The fourth-order valence-corrected chi connectivity index (χ4v) is 4.54. The third kappa shape index (κ3) is 3.89. The Hall–Kier alpha value is -4.26. The number of carbonyl (C=O) groups excluding carboxylic acids is 2. The van der Waals surface area contributed by atoms with Crippen LogP contribution in [0.3, 0.4) is 0 Å². The molecular weight excluding hydrogens is 446 g/mol. The third-order valence-corrected chi connectivity index (χ3v) is 6.31. The number of benzene rings is 3. The van der Waals surface area contributed by atoms with E-state index in [1.165, 1.54) is 4.90 Å². The molecule has 178 valence electrons. The van der Waals surface area contributed by atoms with Gasteiger partial charge in [0.05, 0.1) is 18.7 Å². The zero-order chi connectivity index (χ0) is 24.7. The summed E-state index contributed by atoms with van der Waals surface area (Å²) in [5, 5.41) is 11.4. The van der Waals surface area contributed by atoms with Crippen LogP contribution in [0.2, 0.25) is 0 Å². The van der Waals surface area contributed by atoms with Crippen LogP contribution in [0.1, 0.15) is 28.3 Å². The fraction of sp³-hybridized carbons (Fsp3) is 0.214. The fourth-order valence-electron chi connectivity index (χ4n) is 4.54. The number of amides is 1. The second kappa shape index (κ2) is 8.83. The van der Waals surface area contributed by atoms with E-state index in [0.29, 0.717) is 47.3 Å². The van der Waals surface area contributed by atoms with Crippen LogP contribution in [0, 0.1) is 13.8 Å². The first-order chi connectivity index (χ1) is 16.9. The average Bonchev–Trinajstić information content (AvgIpc) is 3.15. The van der Waals surface area contributed by atoms with Crippen molar-refractivity contribution in [2.75, 3.05) is 25.2 Å². The van der Waals surface area contributed by atoms with Gasteiger partial charge in [-0.3, -0.25) is 14.5 Å². The lowest BCUT2D eigenvalue weighted by Gasteiger charge is -2.27. The summed E-state index contributed by atoms with van der Waals surface area (Å²) in [6, 6.07) is 17.0. The number of rotatable bonds is 4. The highest BCUT2D eigenvalue weighted by molar-refractivity contribution is 6.51. The quantitative estimate of drug-likeness (QED) is 0.337. The normalized spacial score (nSPS) is 18.6. The molecule has 0 saturated carbocycles. The molecule has 2 aliphatic heterocycles. The summed E-state index contributed by atoms with van der Waals surface area (Å²) in [6.45, 7) is 4.59. The van der Waals surface area contributed by atoms with Gasteiger partial charge < -0.3 is 19.3 Å². The maximum Gasteiger partial charge on any atom is 0.300 e. The Balaban J connectivity index is 1.73. The van der Waals surface area contributed by atoms with Crippen molar-refractivity contribution in [1.82, 2.24) is 0 Å². The van der Waals surface area contributed by atoms with Gasteiger partial charge in [-0.15, -0.1) is 0 Å². The van der Waals surface area contributed by atoms with Crippen molar-refractivity contribution in [3.05, 3.63) is 88.5 Å². The first kappa shape index (κ1) is 22.5. The zero-order valence-electron chi connectivity index (χ0n) is 19.7. The topological polar surface area (TPSA) is 85.3 Å². The van der Waals surface area contributed by atoms with Gasteiger partial charge in [0.2, 0.25) is 0 Å². The molecule has 1 atom stereocenters. The number of aliphatic hydroxyl groups excluding tert-OH is 1. The first-order valence-corrected chi connectivity index (χ1v) is 11.3. The second-order valence-electron chi connectivity index (χ2n) is 8.59. The van der Waals surface area contributed by atoms with Crippen LogP contribution in [0.15, 0.2) is 66.2 Å². The molecule has 1 unspecified atom stereocenters. The number of anilines is 1. The molecule has 2 aliphatic rings. The Morgan fingerprint density at radius 3 is 2.51 bits per heavy atom. The Kier molecular flexibility index (Phi) is 5.68. The highest BCUT2D eigenvalue weighted by atomic mass is 16.6. The Morgan fingerprint density at radius 2 is 1.74 bits per heavy atom. The maximum absolute atomic E-state index is 13.4. The van der Waals surface area contributed by atoms with Gasteiger partial charge in [-0.2, -0.15) is 0 Å². The number of nitrogens with zero attached hydrogens (tertiary/aromatic N) is 1. The molecule has 3 aromatic rings. The van der Waals surface area contributed by atoms with Crippen molar-refractivity contribution in [3.63, 3.8) is 0 Å². The Bertz CT molecular complexity index is 1380. The monoisotopic (exact) mass is 471 g/mol. The van der Waals surface area contributed by atoms with Crippen molar-refractivity contribution in [3.8, 4) is 17.2 Å². The highest BCUT2D eigenvalue weighted by Crippen LogP contribution is 2.45. The van der Waals surface area contributed by atoms with Crippen LogP contribution in [-0.2, 0) is 9.59 Å². The number of fused-ring (bicyclic) bond motifs is 1. The summed E-state index contributed by atoms with van der Waals surface area (Å²) in [7, 11) is 1.55. The minimum atomic E-state index is -0.868. The Morgan fingerprint density at radius 1 is 0.971 bits per heavy atom. The van der Waals surface area contributed by atoms with Crippen LogP contribution in [0.4, 0.5) is 5.69 Å².